The molecular weight excluding hydrogens is 338 g/mol. The van der Waals surface area contributed by atoms with E-state index >= 15 is 0 Å². The highest BCUT2D eigenvalue weighted by molar-refractivity contribution is 9.10. The van der Waals surface area contributed by atoms with Gasteiger partial charge < -0.3 is 14.8 Å². The molecule has 0 aliphatic heterocycles. The first-order valence-corrected chi connectivity index (χ1v) is 7.46. The second kappa shape index (κ2) is 8.02. The van der Waals surface area contributed by atoms with Gasteiger partial charge in [0, 0.05) is 5.56 Å². The molecular formula is C15H20BrNO4. The lowest BCUT2D eigenvalue weighted by molar-refractivity contribution is -0.144. The van der Waals surface area contributed by atoms with Crippen molar-refractivity contribution in [3.05, 3.63) is 28.2 Å². The number of amides is 1. The number of hydrogen-bond donors (Lipinski definition) is 1. The maximum Gasteiger partial charge on any atom is 0.328 e. The van der Waals surface area contributed by atoms with E-state index in [2.05, 4.69) is 21.2 Å². The SMILES string of the molecule is CCC(C)C(NC(=O)c1ccc(OC)c(Br)c1)C(=O)OC. The smallest absolute Gasteiger partial charge is 0.328 e. The van der Waals surface area contributed by atoms with Crippen LogP contribution in [0.1, 0.15) is 30.6 Å². The lowest BCUT2D eigenvalue weighted by atomic mass is 9.99. The highest BCUT2D eigenvalue weighted by Crippen LogP contribution is 2.25. The summed E-state index contributed by atoms with van der Waals surface area (Å²) in [7, 11) is 2.86. The van der Waals surface area contributed by atoms with Crippen LogP contribution in [0.5, 0.6) is 5.75 Å². The molecule has 0 heterocycles. The van der Waals surface area contributed by atoms with Crippen LogP contribution in [-0.4, -0.2) is 32.1 Å². The van der Waals surface area contributed by atoms with Gasteiger partial charge in [-0.3, -0.25) is 4.79 Å². The molecule has 0 aliphatic rings. The summed E-state index contributed by atoms with van der Waals surface area (Å²) in [6, 6.07) is 4.33. The fourth-order valence-corrected chi connectivity index (χ4v) is 2.37. The van der Waals surface area contributed by atoms with Crippen LogP contribution < -0.4 is 10.1 Å². The first kappa shape index (κ1) is 17.5. The molecule has 116 valence electrons. The molecule has 1 aromatic carbocycles. The lowest BCUT2D eigenvalue weighted by Crippen LogP contribution is -2.45. The largest absolute Gasteiger partial charge is 0.496 e. The Kier molecular flexibility index (Phi) is 6.68. The minimum absolute atomic E-state index is 0.0110. The van der Waals surface area contributed by atoms with Crippen molar-refractivity contribution in [1.29, 1.82) is 0 Å². The van der Waals surface area contributed by atoms with E-state index in [0.717, 1.165) is 6.42 Å². The molecule has 2 atom stereocenters. The summed E-state index contributed by atoms with van der Waals surface area (Å²) in [5.41, 5.74) is 0.444. The molecule has 1 rings (SSSR count). The van der Waals surface area contributed by atoms with Gasteiger partial charge in [-0.1, -0.05) is 20.3 Å². The van der Waals surface area contributed by atoms with Crippen molar-refractivity contribution in [2.45, 2.75) is 26.3 Å². The minimum Gasteiger partial charge on any atom is -0.496 e. The quantitative estimate of drug-likeness (QED) is 0.795. The Morgan fingerprint density at radius 1 is 1.33 bits per heavy atom. The Labute approximate surface area is 133 Å². The van der Waals surface area contributed by atoms with Crippen molar-refractivity contribution in [2.75, 3.05) is 14.2 Å². The standard InChI is InChI=1S/C15H20BrNO4/c1-5-9(2)13(15(19)21-4)17-14(18)10-6-7-12(20-3)11(16)8-10/h6-9,13H,5H2,1-4H3,(H,17,18). The third-order valence-electron chi connectivity index (χ3n) is 3.37. The number of nitrogens with one attached hydrogen (secondary N) is 1. The summed E-state index contributed by atoms with van der Waals surface area (Å²) in [5, 5.41) is 2.72. The van der Waals surface area contributed by atoms with Crippen LogP contribution in [0.25, 0.3) is 0 Å². The van der Waals surface area contributed by atoms with Crippen molar-refractivity contribution >= 4 is 27.8 Å². The average molecular weight is 358 g/mol. The molecule has 1 aromatic rings. The predicted molar refractivity (Wildman–Crippen MR) is 83.4 cm³/mol. The van der Waals surface area contributed by atoms with E-state index in [4.69, 9.17) is 9.47 Å². The topological polar surface area (TPSA) is 64.6 Å². The number of hydrogen-bond acceptors (Lipinski definition) is 4. The highest BCUT2D eigenvalue weighted by Gasteiger charge is 2.27. The molecule has 0 spiro atoms. The van der Waals surface area contributed by atoms with Crippen LogP contribution in [0.15, 0.2) is 22.7 Å². The molecule has 1 amide bonds. The van der Waals surface area contributed by atoms with Crippen molar-refractivity contribution in [3.63, 3.8) is 0 Å². The van der Waals surface area contributed by atoms with Crippen molar-refractivity contribution < 1.29 is 19.1 Å². The average Bonchev–Trinajstić information content (AvgIpc) is 2.50. The summed E-state index contributed by atoms with van der Waals surface area (Å²) >= 11 is 3.33. The van der Waals surface area contributed by atoms with Crippen molar-refractivity contribution in [2.24, 2.45) is 5.92 Å². The van der Waals surface area contributed by atoms with E-state index in [1.807, 2.05) is 13.8 Å². The third kappa shape index (κ3) is 4.46. The van der Waals surface area contributed by atoms with Gasteiger partial charge in [0.15, 0.2) is 0 Å². The summed E-state index contributed by atoms with van der Waals surface area (Å²) in [6.45, 7) is 3.85. The number of esters is 1. The maximum absolute atomic E-state index is 12.3. The van der Waals surface area contributed by atoms with E-state index in [0.29, 0.717) is 15.8 Å². The van der Waals surface area contributed by atoms with E-state index < -0.39 is 12.0 Å². The van der Waals surface area contributed by atoms with Gasteiger partial charge in [0.1, 0.15) is 11.8 Å². The van der Waals surface area contributed by atoms with Crippen LogP contribution in [0.3, 0.4) is 0 Å². The van der Waals surface area contributed by atoms with Gasteiger partial charge in [0.05, 0.1) is 18.7 Å². The number of carbonyl (C=O) groups excluding carboxylic acids is 2. The number of halogens is 1. The molecule has 0 bridgehead atoms. The zero-order valence-electron chi connectivity index (χ0n) is 12.6. The normalized spacial score (nSPS) is 13.2. The second-order valence-corrected chi connectivity index (χ2v) is 5.56. The van der Waals surface area contributed by atoms with Crippen LogP contribution in [0, 0.1) is 5.92 Å². The fraction of sp³-hybridized carbons (Fsp3) is 0.467. The molecule has 21 heavy (non-hydrogen) atoms. The lowest BCUT2D eigenvalue weighted by Gasteiger charge is -2.22. The van der Waals surface area contributed by atoms with Crippen LogP contribution in [-0.2, 0) is 9.53 Å². The Morgan fingerprint density at radius 3 is 2.48 bits per heavy atom. The van der Waals surface area contributed by atoms with Crippen molar-refractivity contribution in [3.8, 4) is 5.75 Å². The molecule has 0 aromatic heterocycles. The van der Waals surface area contributed by atoms with Gasteiger partial charge in [-0.05, 0) is 40.0 Å². The second-order valence-electron chi connectivity index (χ2n) is 4.71. The van der Waals surface area contributed by atoms with Gasteiger partial charge in [-0.2, -0.15) is 0 Å². The summed E-state index contributed by atoms with van der Waals surface area (Å²) in [4.78, 5) is 24.0. The number of methoxy groups -OCH3 is 2. The monoisotopic (exact) mass is 357 g/mol. The van der Waals surface area contributed by atoms with E-state index in [9.17, 15) is 9.59 Å². The molecule has 1 N–H and O–H groups in total. The predicted octanol–water partition coefficient (Wildman–Crippen LogP) is 2.78. The molecule has 0 aliphatic carbocycles. The van der Waals surface area contributed by atoms with Crippen molar-refractivity contribution in [1.82, 2.24) is 5.32 Å². The zero-order chi connectivity index (χ0) is 16.0. The number of rotatable bonds is 6. The number of carbonyl (C=O) groups is 2. The van der Waals surface area contributed by atoms with Gasteiger partial charge in [-0.15, -0.1) is 0 Å². The van der Waals surface area contributed by atoms with E-state index in [1.165, 1.54) is 7.11 Å². The van der Waals surface area contributed by atoms with Gasteiger partial charge in [0.25, 0.3) is 5.91 Å². The number of benzene rings is 1. The third-order valence-corrected chi connectivity index (χ3v) is 3.99. The Hall–Kier alpha value is -1.56. The molecule has 0 saturated heterocycles. The van der Waals surface area contributed by atoms with Gasteiger partial charge in [0.2, 0.25) is 0 Å². The molecule has 6 heteroatoms. The maximum atomic E-state index is 12.3. The number of ether oxygens (including phenoxy) is 2. The molecule has 0 fully saturated rings. The fourth-order valence-electron chi connectivity index (χ4n) is 1.83. The van der Waals surface area contributed by atoms with Crippen LogP contribution in [0.4, 0.5) is 0 Å². The Morgan fingerprint density at radius 2 is 2.00 bits per heavy atom. The molecule has 5 nitrogen and oxygen atoms in total. The van der Waals surface area contributed by atoms with Gasteiger partial charge >= 0.3 is 5.97 Å². The summed E-state index contributed by atoms with van der Waals surface area (Å²) in [5.74, 6) is -0.139. The highest BCUT2D eigenvalue weighted by atomic mass is 79.9. The van der Waals surface area contributed by atoms with Gasteiger partial charge in [-0.25, -0.2) is 4.79 Å². The zero-order valence-corrected chi connectivity index (χ0v) is 14.2. The Bertz CT molecular complexity index is 518. The minimum atomic E-state index is -0.659. The molecule has 0 radical (unpaired) electrons. The van der Waals surface area contributed by atoms with E-state index in [1.54, 1.807) is 25.3 Å². The summed E-state index contributed by atoms with van der Waals surface area (Å²) < 4.78 is 10.5. The molecule has 2 unspecified atom stereocenters. The molecule has 0 saturated carbocycles. The first-order chi connectivity index (χ1) is 9.94. The summed E-state index contributed by atoms with van der Waals surface area (Å²) in [6.07, 6.45) is 0.756. The first-order valence-electron chi connectivity index (χ1n) is 6.66. The van der Waals surface area contributed by atoms with E-state index in [-0.39, 0.29) is 11.8 Å². The van der Waals surface area contributed by atoms with Crippen LogP contribution in [0.2, 0.25) is 0 Å². The van der Waals surface area contributed by atoms with Crippen LogP contribution >= 0.6 is 15.9 Å². The Balaban J connectivity index is 2.91.